The van der Waals surface area contributed by atoms with E-state index in [0.717, 1.165) is 0 Å². The van der Waals surface area contributed by atoms with Crippen LogP contribution in [0.5, 0.6) is 0 Å². The van der Waals surface area contributed by atoms with Crippen molar-refractivity contribution in [2.75, 3.05) is 26.4 Å². The fourth-order valence-electron chi connectivity index (χ4n) is 0.545. The van der Waals surface area contributed by atoms with E-state index in [0.29, 0.717) is 13.2 Å². The van der Waals surface area contributed by atoms with Crippen LogP contribution in [0.1, 0.15) is 6.92 Å². The molecule has 0 aliphatic rings. The molecule has 0 rings (SSSR count). The van der Waals surface area contributed by atoms with E-state index in [9.17, 15) is 4.57 Å². The van der Waals surface area contributed by atoms with Crippen LogP contribution >= 0.6 is 7.52 Å². The average molecular weight is 167 g/mol. The van der Waals surface area contributed by atoms with Crippen molar-refractivity contribution < 1.29 is 14.2 Å². The summed E-state index contributed by atoms with van der Waals surface area (Å²) < 4.78 is 16.0. The maximum absolute atomic E-state index is 11.1. The lowest BCUT2D eigenvalue weighted by molar-refractivity contribution is 0.289. The van der Waals surface area contributed by atoms with Crippen molar-refractivity contribution in [1.29, 1.82) is 0 Å². The van der Waals surface area contributed by atoms with Gasteiger partial charge in [-0.1, -0.05) is 0 Å². The van der Waals surface area contributed by atoms with E-state index in [2.05, 4.69) is 5.09 Å². The zero-order chi connectivity index (χ0) is 8.04. The monoisotopic (exact) mass is 167 g/mol. The molecule has 0 aliphatic carbocycles. The van der Waals surface area contributed by atoms with Gasteiger partial charge in [0.05, 0.1) is 13.2 Å². The van der Waals surface area contributed by atoms with Crippen molar-refractivity contribution in [3.8, 4) is 0 Å². The predicted molar refractivity (Wildman–Crippen MR) is 40.2 cm³/mol. The summed E-state index contributed by atoms with van der Waals surface area (Å²) in [5.74, 6) is 0. The van der Waals surface area contributed by atoms with Crippen LogP contribution < -0.4 is 5.09 Å². The molecule has 0 aromatic heterocycles. The van der Waals surface area contributed by atoms with Crippen molar-refractivity contribution in [1.82, 2.24) is 5.09 Å². The van der Waals surface area contributed by atoms with Gasteiger partial charge in [0.25, 0.3) is 7.52 Å². The minimum absolute atomic E-state index is 0.0229. The molecule has 0 bridgehead atoms. The average Bonchev–Trinajstić information content (AvgIpc) is 1.84. The molecule has 0 aromatic rings. The van der Waals surface area contributed by atoms with E-state index >= 15 is 0 Å². The smallest absolute Gasteiger partial charge is 0.266 e. The molecule has 0 heterocycles. The molecule has 0 saturated heterocycles. The van der Waals surface area contributed by atoms with Gasteiger partial charge in [0.1, 0.15) is 0 Å². The number of aliphatic hydroxyl groups excluding tert-OH is 1. The van der Waals surface area contributed by atoms with Crippen LogP contribution in [-0.4, -0.2) is 31.5 Å². The van der Waals surface area contributed by atoms with Crippen molar-refractivity contribution in [2.45, 2.75) is 6.92 Å². The first-order chi connectivity index (χ1) is 4.62. The molecule has 0 amide bonds. The fourth-order valence-corrected chi connectivity index (χ4v) is 1.64. The molecule has 62 valence electrons. The molecule has 0 aliphatic heterocycles. The van der Waals surface area contributed by atoms with E-state index in [1.807, 2.05) is 0 Å². The third-order valence-electron chi connectivity index (χ3n) is 0.886. The Kier molecular flexibility index (Phi) is 4.91. The Morgan fingerprint density at radius 3 is 2.70 bits per heavy atom. The zero-order valence-electron chi connectivity index (χ0n) is 6.33. The standard InChI is InChI=1S/C5H14NO3P/c1-3-9-10(2,8)6-4-5-7/h7H,3-5H2,1-2H3,(H,6,8). The molecule has 0 saturated carbocycles. The van der Waals surface area contributed by atoms with E-state index in [4.69, 9.17) is 9.63 Å². The van der Waals surface area contributed by atoms with Crippen LogP contribution in [0.15, 0.2) is 0 Å². The van der Waals surface area contributed by atoms with Crippen molar-refractivity contribution in [2.24, 2.45) is 0 Å². The minimum Gasteiger partial charge on any atom is -0.395 e. The molecule has 1 atom stereocenters. The van der Waals surface area contributed by atoms with Gasteiger partial charge in [0.15, 0.2) is 0 Å². The van der Waals surface area contributed by atoms with Gasteiger partial charge in [-0.3, -0.25) is 4.57 Å². The lowest BCUT2D eigenvalue weighted by Crippen LogP contribution is -2.15. The third-order valence-corrected chi connectivity index (χ3v) is 2.44. The topological polar surface area (TPSA) is 58.6 Å². The van der Waals surface area contributed by atoms with Crippen LogP contribution in [0.25, 0.3) is 0 Å². The van der Waals surface area contributed by atoms with Gasteiger partial charge in [-0.15, -0.1) is 0 Å². The number of nitrogens with one attached hydrogen (secondary N) is 1. The quantitative estimate of drug-likeness (QED) is 0.583. The number of rotatable bonds is 5. The fraction of sp³-hybridized carbons (Fsp3) is 1.00. The highest BCUT2D eigenvalue weighted by Gasteiger charge is 2.11. The highest BCUT2D eigenvalue weighted by atomic mass is 31.2. The lowest BCUT2D eigenvalue weighted by Gasteiger charge is -2.12. The Bertz CT molecular complexity index is 128. The normalized spacial score (nSPS) is 16.7. The van der Waals surface area contributed by atoms with Crippen LogP contribution in [0.3, 0.4) is 0 Å². The molecule has 0 spiro atoms. The van der Waals surface area contributed by atoms with E-state index in [1.54, 1.807) is 6.92 Å². The van der Waals surface area contributed by atoms with E-state index in [-0.39, 0.29) is 6.61 Å². The Labute approximate surface area is 61.1 Å². The SMILES string of the molecule is CCOP(C)(=O)NCCO. The largest absolute Gasteiger partial charge is 0.395 e. The zero-order valence-corrected chi connectivity index (χ0v) is 7.23. The Morgan fingerprint density at radius 1 is 1.70 bits per heavy atom. The summed E-state index contributed by atoms with van der Waals surface area (Å²) in [7, 11) is -2.62. The molecule has 1 unspecified atom stereocenters. The molecule has 0 aromatic carbocycles. The van der Waals surface area contributed by atoms with Gasteiger partial charge in [0, 0.05) is 13.2 Å². The van der Waals surface area contributed by atoms with Gasteiger partial charge in [-0.25, -0.2) is 5.09 Å². The molecule has 0 fully saturated rings. The van der Waals surface area contributed by atoms with E-state index < -0.39 is 7.52 Å². The maximum Gasteiger partial charge on any atom is 0.266 e. The van der Waals surface area contributed by atoms with Crippen molar-refractivity contribution in [3.63, 3.8) is 0 Å². The van der Waals surface area contributed by atoms with Gasteiger partial charge >= 0.3 is 0 Å². The van der Waals surface area contributed by atoms with Crippen LogP contribution in [0.4, 0.5) is 0 Å². The molecule has 10 heavy (non-hydrogen) atoms. The number of hydrogen-bond donors (Lipinski definition) is 2. The Morgan fingerprint density at radius 2 is 2.30 bits per heavy atom. The van der Waals surface area contributed by atoms with Crippen molar-refractivity contribution >= 4 is 7.52 Å². The second-order valence-electron chi connectivity index (χ2n) is 1.90. The van der Waals surface area contributed by atoms with Gasteiger partial charge in [-0.2, -0.15) is 0 Å². The first kappa shape index (κ1) is 10.1. The summed E-state index contributed by atoms with van der Waals surface area (Å²) in [5, 5.41) is 11.0. The lowest BCUT2D eigenvalue weighted by atomic mass is 10.8. The summed E-state index contributed by atoms with van der Waals surface area (Å²) in [6, 6.07) is 0. The summed E-state index contributed by atoms with van der Waals surface area (Å²) >= 11 is 0. The van der Waals surface area contributed by atoms with Crippen molar-refractivity contribution in [3.05, 3.63) is 0 Å². The Balaban J connectivity index is 3.53. The van der Waals surface area contributed by atoms with Crippen LogP contribution in [0.2, 0.25) is 0 Å². The molecular weight excluding hydrogens is 153 g/mol. The number of aliphatic hydroxyl groups is 1. The first-order valence-corrected chi connectivity index (χ1v) is 5.27. The van der Waals surface area contributed by atoms with Gasteiger partial charge in [-0.05, 0) is 6.92 Å². The summed E-state index contributed by atoms with van der Waals surface area (Å²) in [4.78, 5) is 0. The summed E-state index contributed by atoms with van der Waals surface area (Å²) in [6.07, 6.45) is 0. The van der Waals surface area contributed by atoms with Gasteiger partial charge in [0.2, 0.25) is 0 Å². The number of hydrogen-bond acceptors (Lipinski definition) is 3. The Hall–Kier alpha value is 0.110. The molecule has 2 N–H and O–H groups in total. The van der Waals surface area contributed by atoms with E-state index in [1.165, 1.54) is 6.66 Å². The second kappa shape index (κ2) is 4.85. The third kappa shape index (κ3) is 4.94. The first-order valence-electron chi connectivity index (χ1n) is 3.20. The van der Waals surface area contributed by atoms with Crippen LogP contribution in [0, 0.1) is 0 Å². The predicted octanol–water partition coefficient (Wildman–Crippen LogP) is 0.428. The molecule has 5 heteroatoms. The van der Waals surface area contributed by atoms with Crippen LogP contribution in [-0.2, 0) is 9.09 Å². The molecule has 0 radical (unpaired) electrons. The second-order valence-corrected chi connectivity index (χ2v) is 4.16. The highest BCUT2D eigenvalue weighted by molar-refractivity contribution is 7.56. The molecular formula is C5H14NO3P. The summed E-state index contributed by atoms with van der Waals surface area (Å²) in [5.41, 5.74) is 0. The summed E-state index contributed by atoms with van der Waals surface area (Å²) in [6.45, 7) is 3.98. The highest BCUT2D eigenvalue weighted by Crippen LogP contribution is 2.36. The molecule has 4 nitrogen and oxygen atoms in total. The maximum atomic E-state index is 11.1. The minimum atomic E-state index is -2.62. The van der Waals surface area contributed by atoms with Gasteiger partial charge < -0.3 is 9.63 Å².